The van der Waals surface area contributed by atoms with Gasteiger partial charge in [0.2, 0.25) is 0 Å². The average Bonchev–Trinajstić information content (AvgIpc) is 2.46. The number of nitrogens with zero attached hydrogens (tertiary/aromatic N) is 1. The molecule has 0 amide bonds. The molecule has 7 nitrogen and oxygen atoms in total. The number of carboxylic acid groups (broad SMARTS) is 1. The normalized spacial score (nSPS) is 9.22. The molecule has 2 rings (SSSR count). The molecule has 0 aliphatic heterocycles. The van der Waals surface area contributed by atoms with Gasteiger partial charge in [0.05, 0.1) is 4.92 Å². The second-order valence-corrected chi connectivity index (χ2v) is 4.31. The number of hydrogen-bond donors (Lipinski definition) is 3. The molecule has 0 aliphatic carbocycles. The van der Waals surface area contributed by atoms with Gasteiger partial charge in [-0.05, 0) is 23.8 Å². The van der Waals surface area contributed by atoms with Gasteiger partial charge in [0.25, 0.3) is 5.69 Å². The number of rotatable bonds is 5. The Morgan fingerprint density at radius 2 is 1.74 bits per heavy atom. The van der Waals surface area contributed by atoms with Crippen LogP contribution in [0.4, 0.5) is 11.4 Å². The molecule has 7 heteroatoms. The molecule has 0 saturated heterocycles. The van der Waals surface area contributed by atoms with Crippen LogP contribution < -0.4 is 5.32 Å². The Bertz CT molecular complexity index is 683. The van der Waals surface area contributed by atoms with Crippen LogP contribution in [-0.4, -0.2) is 21.1 Å². The fraction of sp³-hybridized carbons (Fsp3) is 0.188. The minimum atomic E-state index is -1.22. The van der Waals surface area contributed by atoms with Gasteiger partial charge in [0, 0.05) is 24.4 Å². The van der Waals surface area contributed by atoms with Crippen LogP contribution in [0.1, 0.15) is 30.8 Å². The molecule has 2 aromatic rings. The molecule has 0 fully saturated rings. The second kappa shape index (κ2) is 8.38. The Morgan fingerprint density at radius 1 is 1.13 bits per heavy atom. The van der Waals surface area contributed by atoms with Gasteiger partial charge in [-0.2, -0.15) is 0 Å². The van der Waals surface area contributed by atoms with E-state index in [1.54, 1.807) is 18.2 Å². The van der Waals surface area contributed by atoms with Crippen LogP contribution >= 0.6 is 0 Å². The Balaban J connectivity index is 0.00000242. The van der Waals surface area contributed by atoms with Gasteiger partial charge in [-0.15, -0.1) is 0 Å². The number of hydrogen-bond acceptors (Lipinski definition) is 5. The van der Waals surface area contributed by atoms with E-state index in [1.165, 1.54) is 24.3 Å². The Morgan fingerprint density at radius 3 is 2.26 bits per heavy atom. The summed E-state index contributed by atoms with van der Waals surface area (Å²) < 4.78 is 0. The molecule has 0 heterocycles. The molecule has 0 unspecified atom stereocenters. The largest absolute Gasteiger partial charge is 0.507 e. The van der Waals surface area contributed by atoms with Crippen molar-refractivity contribution in [1.82, 2.24) is 0 Å². The van der Waals surface area contributed by atoms with Crippen LogP contribution in [0.5, 0.6) is 5.75 Å². The van der Waals surface area contributed by atoms with E-state index in [2.05, 4.69) is 5.32 Å². The van der Waals surface area contributed by atoms with E-state index >= 15 is 0 Å². The Hall–Kier alpha value is -3.09. The van der Waals surface area contributed by atoms with E-state index in [9.17, 15) is 20.0 Å². The lowest BCUT2D eigenvalue weighted by Gasteiger charge is -2.08. The summed E-state index contributed by atoms with van der Waals surface area (Å²) in [6.45, 7) is 0.377. The number of nitro benzene ring substituents is 1. The Kier molecular flexibility index (Phi) is 7.25. The number of carbonyl (C=O) groups is 1. The third-order valence-corrected chi connectivity index (χ3v) is 2.87. The zero-order chi connectivity index (χ0) is 15.4. The van der Waals surface area contributed by atoms with E-state index in [0.717, 1.165) is 5.56 Å². The van der Waals surface area contributed by atoms with Crippen LogP contribution in [0.3, 0.4) is 0 Å². The first-order chi connectivity index (χ1) is 9.97. The predicted octanol–water partition coefficient (Wildman–Crippen LogP) is 3.88. The van der Waals surface area contributed by atoms with E-state index in [4.69, 9.17) is 5.11 Å². The number of benzene rings is 2. The molecule has 0 radical (unpaired) electrons. The summed E-state index contributed by atoms with van der Waals surface area (Å²) in [5, 5.41) is 31.8. The van der Waals surface area contributed by atoms with Crippen molar-refractivity contribution in [2.75, 3.05) is 5.32 Å². The number of carboxylic acids is 1. The molecule has 0 atom stereocenters. The van der Waals surface area contributed by atoms with Gasteiger partial charge in [0.1, 0.15) is 11.3 Å². The monoisotopic (exact) mass is 320 g/mol. The molecule has 0 aromatic heterocycles. The quantitative estimate of drug-likeness (QED) is 0.438. The van der Waals surface area contributed by atoms with Crippen LogP contribution in [0.25, 0.3) is 0 Å². The summed E-state index contributed by atoms with van der Waals surface area (Å²) in [4.78, 5) is 21.0. The van der Waals surface area contributed by atoms with Gasteiger partial charge in [-0.1, -0.05) is 27.0 Å². The number of phenols is 1. The fourth-order valence-corrected chi connectivity index (χ4v) is 1.76. The van der Waals surface area contributed by atoms with Crippen molar-refractivity contribution in [3.05, 3.63) is 63.7 Å². The number of nitro groups is 1. The summed E-state index contributed by atoms with van der Waals surface area (Å²) in [5.74, 6) is -1.52. The minimum Gasteiger partial charge on any atom is -0.507 e. The van der Waals surface area contributed by atoms with Crippen molar-refractivity contribution < 1.29 is 19.9 Å². The summed E-state index contributed by atoms with van der Waals surface area (Å²) in [5.41, 5.74) is 1.16. The summed E-state index contributed by atoms with van der Waals surface area (Å²) in [6, 6.07) is 10.2. The number of aromatic carboxylic acids is 1. The molecule has 0 aliphatic rings. The van der Waals surface area contributed by atoms with Gasteiger partial charge in [-0.25, -0.2) is 4.79 Å². The second-order valence-electron chi connectivity index (χ2n) is 4.31. The van der Waals surface area contributed by atoms with Crippen LogP contribution in [0.2, 0.25) is 0 Å². The predicted molar refractivity (Wildman–Crippen MR) is 89.0 cm³/mol. The first-order valence-electron chi connectivity index (χ1n) is 6.01. The zero-order valence-corrected chi connectivity index (χ0v) is 10.8. The van der Waals surface area contributed by atoms with E-state index in [-0.39, 0.29) is 31.9 Å². The first kappa shape index (κ1) is 19.9. The molecule has 0 bridgehead atoms. The van der Waals surface area contributed by atoms with Crippen molar-refractivity contribution in [3.8, 4) is 5.75 Å². The molecule has 124 valence electrons. The van der Waals surface area contributed by atoms with E-state index < -0.39 is 10.9 Å². The van der Waals surface area contributed by atoms with Crippen LogP contribution in [-0.2, 0) is 6.54 Å². The van der Waals surface area contributed by atoms with Gasteiger partial charge in [-0.3, -0.25) is 10.1 Å². The van der Waals surface area contributed by atoms with Gasteiger partial charge >= 0.3 is 5.97 Å². The number of anilines is 1. The highest BCUT2D eigenvalue weighted by Gasteiger charge is 2.10. The number of non-ortho nitro benzene ring substituents is 1. The maximum Gasteiger partial charge on any atom is 0.339 e. The lowest BCUT2D eigenvalue weighted by atomic mass is 10.1. The van der Waals surface area contributed by atoms with E-state index in [0.29, 0.717) is 12.2 Å². The van der Waals surface area contributed by atoms with Crippen LogP contribution in [0, 0.1) is 10.1 Å². The first-order valence-corrected chi connectivity index (χ1v) is 6.01. The molecular formula is C16H20N2O5. The molecule has 3 N–H and O–H groups in total. The van der Waals surface area contributed by atoms with Gasteiger partial charge < -0.3 is 15.5 Å². The number of aromatic hydroxyl groups is 1. The lowest BCUT2D eigenvalue weighted by Crippen LogP contribution is -2.02. The third-order valence-electron chi connectivity index (χ3n) is 2.87. The maximum atomic E-state index is 10.9. The molecular weight excluding hydrogens is 300 g/mol. The van der Waals surface area contributed by atoms with Gasteiger partial charge in [0.15, 0.2) is 0 Å². The molecule has 0 spiro atoms. The third kappa shape index (κ3) is 4.99. The fourth-order valence-electron chi connectivity index (χ4n) is 1.76. The summed E-state index contributed by atoms with van der Waals surface area (Å²) in [7, 11) is 0. The minimum absolute atomic E-state index is 0. The highest BCUT2D eigenvalue weighted by molar-refractivity contribution is 5.91. The summed E-state index contributed by atoms with van der Waals surface area (Å²) >= 11 is 0. The van der Waals surface area contributed by atoms with Crippen molar-refractivity contribution in [2.24, 2.45) is 0 Å². The highest BCUT2D eigenvalue weighted by Crippen LogP contribution is 2.22. The summed E-state index contributed by atoms with van der Waals surface area (Å²) in [6.07, 6.45) is 0. The standard InChI is InChI=1S/C14H12N2O5.2CH4/c17-13-6-3-10(7-12(13)14(18)19)15-8-9-1-4-11(5-2-9)16(20)21;;/h1-7,15,17H,8H2,(H,18,19);2*1H4. The lowest BCUT2D eigenvalue weighted by molar-refractivity contribution is -0.384. The van der Waals surface area contributed by atoms with Crippen molar-refractivity contribution >= 4 is 17.3 Å². The SMILES string of the molecule is C.C.O=C(O)c1cc(NCc2ccc([N+](=O)[O-])cc2)ccc1O. The topological polar surface area (TPSA) is 113 Å². The van der Waals surface area contributed by atoms with Crippen molar-refractivity contribution in [3.63, 3.8) is 0 Å². The average molecular weight is 320 g/mol. The smallest absolute Gasteiger partial charge is 0.339 e. The molecule has 2 aromatic carbocycles. The number of nitrogens with one attached hydrogen (secondary N) is 1. The Labute approximate surface area is 134 Å². The zero-order valence-electron chi connectivity index (χ0n) is 10.8. The maximum absolute atomic E-state index is 10.9. The van der Waals surface area contributed by atoms with Crippen molar-refractivity contribution in [2.45, 2.75) is 21.4 Å². The van der Waals surface area contributed by atoms with E-state index in [1.807, 2.05) is 0 Å². The van der Waals surface area contributed by atoms with Crippen molar-refractivity contribution in [1.29, 1.82) is 0 Å². The molecule has 23 heavy (non-hydrogen) atoms. The van der Waals surface area contributed by atoms with Crippen LogP contribution in [0.15, 0.2) is 42.5 Å². The highest BCUT2D eigenvalue weighted by atomic mass is 16.6. The molecule has 0 saturated carbocycles.